The number of carbonyl (C=O) groups excluding carboxylic acids is 1. The van der Waals surface area contributed by atoms with Crippen LogP contribution in [-0.4, -0.2) is 30.0 Å². The van der Waals surface area contributed by atoms with Crippen molar-refractivity contribution in [1.29, 1.82) is 0 Å². The Kier molecular flexibility index (Phi) is 4.10. The molecule has 0 saturated carbocycles. The molecular weight excluding hydrogens is 228 g/mol. The molecule has 0 amide bonds. The molecule has 0 aromatic carbocycles. The molecule has 1 rings (SSSR count). The van der Waals surface area contributed by atoms with Gasteiger partial charge >= 0.3 is 0 Å². The van der Waals surface area contributed by atoms with Crippen molar-refractivity contribution in [2.75, 3.05) is 12.3 Å². The summed E-state index contributed by atoms with van der Waals surface area (Å²) in [5, 5.41) is 4.96. The molecule has 0 atom stereocenters. The second-order valence-electron chi connectivity index (χ2n) is 2.35. The molecule has 0 radical (unpaired) electrons. The minimum atomic E-state index is -2.64. The zero-order chi connectivity index (χ0) is 11.3. The molecule has 0 bridgehead atoms. The predicted molar refractivity (Wildman–Crippen MR) is 51.1 cm³/mol. The first-order valence-electron chi connectivity index (χ1n) is 3.78. The molecule has 1 aromatic rings. The molecule has 1 aromatic heterocycles. The van der Waals surface area contributed by atoms with Crippen LogP contribution >= 0.6 is 11.3 Å². The van der Waals surface area contributed by atoms with Gasteiger partial charge in [-0.25, -0.2) is 13.8 Å². The van der Waals surface area contributed by atoms with E-state index in [1.54, 1.807) is 0 Å². The summed E-state index contributed by atoms with van der Waals surface area (Å²) in [7, 11) is 0. The number of hydrogen-bond donors (Lipinski definition) is 1. The van der Waals surface area contributed by atoms with Gasteiger partial charge in [-0.1, -0.05) is 5.16 Å². The zero-order valence-corrected chi connectivity index (χ0v) is 8.21. The molecule has 0 aliphatic rings. The van der Waals surface area contributed by atoms with Crippen molar-refractivity contribution in [2.24, 2.45) is 5.16 Å². The Labute approximate surface area is 87.5 Å². The average Bonchev–Trinajstić information content (AvgIpc) is 2.59. The summed E-state index contributed by atoms with van der Waals surface area (Å²) in [5.74, 6) is 0. The van der Waals surface area contributed by atoms with Gasteiger partial charge in [-0.3, -0.25) is 4.79 Å². The van der Waals surface area contributed by atoms with Crippen LogP contribution in [0, 0.1) is 0 Å². The quantitative estimate of drug-likeness (QED) is 0.467. The second-order valence-corrected chi connectivity index (χ2v) is 3.24. The summed E-state index contributed by atoms with van der Waals surface area (Å²) in [6.07, 6.45) is -2.28. The van der Waals surface area contributed by atoms with Gasteiger partial charge in [0.1, 0.15) is 5.69 Å². The summed E-state index contributed by atoms with van der Waals surface area (Å²) in [6, 6.07) is 0. The second kappa shape index (κ2) is 5.35. The number of nitrogens with zero attached hydrogens (tertiary/aromatic N) is 2. The smallest absolute Gasteiger partial charge is 0.274 e. The Morgan fingerprint density at radius 3 is 3.00 bits per heavy atom. The molecule has 0 unspecified atom stereocenters. The first kappa shape index (κ1) is 11.5. The fraction of sp³-hybridized carbons (Fsp3) is 0.286. The van der Waals surface area contributed by atoms with E-state index in [4.69, 9.17) is 5.73 Å². The molecule has 1 heterocycles. The van der Waals surface area contributed by atoms with Crippen LogP contribution in [0.3, 0.4) is 0 Å². The van der Waals surface area contributed by atoms with Gasteiger partial charge in [0.15, 0.2) is 23.7 Å². The number of rotatable bonds is 5. The van der Waals surface area contributed by atoms with E-state index in [2.05, 4.69) is 15.0 Å². The number of carbonyl (C=O) groups is 1. The first-order chi connectivity index (χ1) is 7.13. The average molecular weight is 235 g/mol. The number of halogens is 2. The van der Waals surface area contributed by atoms with Crippen molar-refractivity contribution in [3.05, 3.63) is 11.1 Å². The van der Waals surface area contributed by atoms with E-state index in [9.17, 15) is 13.6 Å². The highest BCUT2D eigenvalue weighted by Gasteiger charge is 2.08. The first-order valence-corrected chi connectivity index (χ1v) is 4.66. The van der Waals surface area contributed by atoms with E-state index >= 15 is 0 Å². The van der Waals surface area contributed by atoms with Gasteiger partial charge < -0.3 is 10.6 Å². The third-order valence-electron chi connectivity index (χ3n) is 1.26. The van der Waals surface area contributed by atoms with Crippen LogP contribution in [0.1, 0.15) is 5.69 Å². The van der Waals surface area contributed by atoms with Crippen LogP contribution in [0.5, 0.6) is 0 Å². The lowest BCUT2D eigenvalue weighted by molar-refractivity contribution is -0.102. The molecule has 5 nitrogen and oxygen atoms in total. The number of thiazole rings is 1. The van der Waals surface area contributed by atoms with Gasteiger partial charge in [-0.05, 0) is 0 Å². The summed E-state index contributed by atoms with van der Waals surface area (Å²) in [6.45, 7) is -0.864. The van der Waals surface area contributed by atoms with Crippen molar-refractivity contribution in [1.82, 2.24) is 4.98 Å². The van der Waals surface area contributed by atoms with Crippen LogP contribution in [0.2, 0.25) is 0 Å². The molecule has 8 heteroatoms. The molecule has 15 heavy (non-hydrogen) atoms. The highest BCUT2D eigenvalue weighted by atomic mass is 32.1. The van der Waals surface area contributed by atoms with Crippen LogP contribution < -0.4 is 5.73 Å². The van der Waals surface area contributed by atoms with Crippen LogP contribution in [0.4, 0.5) is 13.9 Å². The van der Waals surface area contributed by atoms with Crippen molar-refractivity contribution < 1.29 is 18.4 Å². The van der Waals surface area contributed by atoms with Crippen LogP contribution in [0.25, 0.3) is 0 Å². The van der Waals surface area contributed by atoms with E-state index in [0.29, 0.717) is 6.29 Å². The maximum atomic E-state index is 11.7. The molecule has 0 saturated heterocycles. The normalized spacial score (nSPS) is 11.8. The maximum absolute atomic E-state index is 11.7. The van der Waals surface area contributed by atoms with Crippen LogP contribution in [0.15, 0.2) is 10.5 Å². The standard InChI is InChI=1S/C7H7F2N3O2S/c8-6(9)2-14-12-4(1-13)5-3-15-7(10)11-5/h1,3,6H,2H2,(H2,10,11)/b12-4+. The predicted octanol–water partition coefficient (Wildman–Crippen LogP) is 0.910. The topological polar surface area (TPSA) is 77.6 Å². The fourth-order valence-electron chi connectivity index (χ4n) is 0.697. The summed E-state index contributed by atoms with van der Waals surface area (Å²) < 4.78 is 23.4. The van der Waals surface area contributed by atoms with Crippen molar-refractivity contribution in [3.63, 3.8) is 0 Å². The maximum Gasteiger partial charge on any atom is 0.274 e. The third-order valence-corrected chi connectivity index (χ3v) is 1.93. The number of nitrogen functional groups attached to an aromatic ring is 1. The zero-order valence-electron chi connectivity index (χ0n) is 7.39. The lowest BCUT2D eigenvalue weighted by Crippen LogP contribution is -2.07. The van der Waals surface area contributed by atoms with Gasteiger partial charge in [0.05, 0.1) is 0 Å². The molecule has 2 N–H and O–H groups in total. The number of aldehydes is 1. The number of alkyl halides is 2. The minimum absolute atomic E-state index is 0.163. The Bertz CT molecular complexity index is 367. The van der Waals surface area contributed by atoms with Crippen molar-refractivity contribution in [3.8, 4) is 0 Å². The number of nitrogens with two attached hydrogens (primary N) is 1. The SMILES string of the molecule is Nc1nc(/C(C=O)=N/OCC(F)F)cs1. The largest absolute Gasteiger partial charge is 0.389 e. The monoisotopic (exact) mass is 235 g/mol. The number of anilines is 1. The van der Waals surface area contributed by atoms with Crippen molar-refractivity contribution >= 4 is 28.5 Å². The molecule has 82 valence electrons. The minimum Gasteiger partial charge on any atom is -0.389 e. The molecule has 0 aliphatic heterocycles. The number of oxime groups is 1. The summed E-state index contributed by atoms with van der Waals surface area (Å²) in [4.78, 5) is 18.5. The van der Waals surface area contributed by atoms with Gasteiger partial charge in [0.25, 0.3) is 6.43 Å². The Morgan fingerprint density at radius 2 is 2.53 bits per heavy atom. The highest BCUT2D eigenvalue weighted by molar-refractivity contribution is 7.13. The molecular formula is C7H7F2N3O2S. The summed E-state index contributed by atoms with van der Waals surface area (Å²) in [5.41, 5.74) is 5.37. The van der Waals surface area contributed by atoms with E-state index in [-0.39, 0.29) is 16.5 Å². The summed E-state index contributed by atoms with van der Waals surface area (Å²) >= 11 is 1.11. The highest BCUT2D eigenvalue weighted by Crippen LogP contribution is 2.11. The van der Waals surface area contributed by atoms with E-state index in [1.807, 2.05) is 0 Å². The third kappa shape index (κ3) is 3.58. The number of aromatic nitrogens is 1. The van der Waals surface area contributed by atoms with E-state index < -0.39 is 13.0 Å². The number of hydrogen-bond acceptors (Lipinski definition) is 6. The van der Waals surface area contributed by atoms with Crippen molar-refractivity contribution in [2.45, 2.75) is 6.43 Å². The molecule has 0 aliphatic carbocycles. The lowest BCUT2D eigenvalue weighted by atomic mass is 10.3. The van der Waals surface area contributed by atoms with E-state index in [1.165, 1.54) is 5.38 Å². The van der Waals surface area contributed by atoms with Gasteiger partial charge in [0, 0.05) is 5.38 Å². The fourth-order valence-corrected chi connectivity index (χ4v) is 1.25. The Balaban J connectivity index is 2.67. The van der Waals surface area contributed by atoms with Gasteiger partial charge in [0.2, 0.25) is 0 Å². The lowest BCUT2D eigenvalue weighted by Gasteiger charge is -1.97. The Hall–Kier alpha value is -1.57. The van der Waals surface area contributed by atoms with E-state index in [0.717, 1.165) is 11.3 Å². The molecule has 0 fully saturated rings. The van der Waals surface area contributed by atoms with Gasteiger partial charge in [-0.2, -0.15) is 0 Å². The van der Waals surface area contributed by atoms with Gasteiger partial charge in [-0.15, -0.1) is 11.3 Å². The Morgan fingerprint density at radius 1 is 1.80 bits per heavy atom. The van der Waals surface area contributed by atoms with Crippen LogP contribution in [-0.2, 0) is 9.63 Å². The molecule has 0 spiro atoms.